The molecule has 0 saturated heterocycles. The van der Waals surface area contributed by atoms with E-state index in [1.54, 1.807) is 0 Å². The lowest BCUT2D eigenvalue weighted by Crippen LogP contribution is -2.38. The first-order chi connectivity index (χ1) is 8.83. The van der Waals surface area contributed by atoms with Crippen molar-refractivity contribution >= 4 is 0 Å². The van der Waals surface area contributed by atoms with Crippen molar-refractivity contribution in [3.63, 3.8) is 0 Å². The third kappa shape index (κ3) is 3.57. The van der Waals surface area contributed by atoms with E-state index in [1.807, 2.05) is 12.1 Å². The van der Waals surface area contributed by atoms with E-state index in [0.29, 0.717) is 18.3 Å². The molecule has 0 aliphatic heterocycles. The van der Waals surface area contributed by atoms with Gasteiger partial charge in [0.05, 0.1) is 13.2 Å². The fraction of sp³-hybridized carbons (Fsp3) is 0.714. The summed E-state index contributed by atoms with van der Waals surface area (Å²) in [6.45, 7) is 1.55. The Morgan fingerprint density at radius 2 is 1.83 bits per heavy atom. The molecule has 1 aliphatic carbocycles. The van der Waals surface area contributed by atoms with E-state index in [4.69, 9.17) is 9.52 Å². The Hall–Kier alpha value is -0.840. The number of hydrogen-bond donors (Lipinski definition) is 2. The molecule has 1 fully saturated rings. The molecule has 2 N–H and O–H groups in total. The number of aliphatic hydroxyl groups excluding tert-OH is 2. The molecule has 0 spiro atoms. The van der Waals surface area contributed by atoms with E-state index in [0.717, 1.165) is 12.3 Å². The lowest BCUT2D eigenvalue weighted by atomic mass is 9.94. The zero-order valence-electron chi connectivity index (χ0n) is 10.8. The molecule has 0 bridgehead atoms. The van der Waals surface area contributed by atoms with Gasteiger partial charge in [-0.25, -0.2) is 0 Å². The first-order valence-electron chi connectivity index (χ1n) is 6.87. The second kappa shape index (κ2) is 6.92. The minimum Gasteiger partial charge on any atom is -0.462 e. The maximum absolute atomic E-state index is 9.18. The van der Waals surface area contributed by atoms with Gasteiger partial charge in [0.2, 0.25) is 0 Å². The van der Waals surface area contributed by atoms with Gasteiger partial charge in [-0.3, -0.25) is 4.90 Å². The average molecular weight is 253 g/mol. The van der Waals surface area contributed by atoms with E-state index in [9.17, 15) is 5.11 Å². The van der Waals surface area contributed by atoms with Crippen LogP contribution in [0.4, 0.5) is 0 Å². The average Bonchev–Trinajstić information content (AvgIpc) is 2.87. The lowest BCUT2D eigenvalue weighted by molar-refractivity contribution is 0.108. The van der Waals surface area contributed by atoms with E-state index in [1.165, 1.54) is 32.1 Å². The van der Waals surface area contributed by atoms with Crippen LogP contribution in [0.1, 0.15) is 43.6 Å². The molecule has 2 rings (SSSR count). The molecule has 4 nitrogen and oxygen atoms in total. The highest BCUT2D eigenvalue weighted by molar-refractivity contribution is 5.06. The molecular weight excluding hydrogens is 230 g/mol. The molecule has 0 radical (unpaired) electrons. The summed E-state index contributed by atoms with van der Waals surface area (Å²) in [5.41, 5.74) is 0. The molecule has 18 heavy (non-hydrogen) atoms. The predicted octanol–water partition coefficient (Wildman–Crippen LogP) is 1.90. The molecule has 1 saturated carbocycles. The number of rotatable bonds is 6. The fourth-order valence-electron chi connectivity index (χ4n) is 2.76. The topological polar surface area (TPSA) is 56.8 Å². The van der Waals surface area contributed by atoms with Crippen LogP contribution in [0.15, 0.2) is 16.5 Å². The van der Waals surface area contributed by atoms with Crippen molar-refractivity contribution in [1.29, 1.82) is 0 Å². The summed E-state index contributed by atoms with van der Waals surface area (Å²) in [6.07, 6.45) is 6.33. The molecule has 0 atom stereocenters. The van der Waals surface area contributed by atoms with E-state index in [2.05, 4.69) is 4.90 Å². The third-order valence-electron chi connectivity index (χ3n) is 3.71. The molecule has 102 valence electrons. The summed E-state index contributed by atoms with van der Waals surface area (Å²) in [6, 6.07) is 4.29. The van der Waals surface area contributed by atoms with E-state index >= 15 is 0 Å². The summed E-state index contributed by atoms with van der Waals surface area (Å²) in [5, 5.41) is 18.2. The van der Waals surface area contributed by atoms with Crippen molar-refractivity contribution in [2.45, 2.75) is 51.3 Å². The maximum Gasteiger partial charge on any atom is 0.129 e. The first kappa shape index (κ1) is 13.6. The SMILES string of the molecule is OCCN(Cc1ccc(CO)o1)C1CCCCC1. The largest absolute Gasteiger partial charge is 0.462 e. The molecular formula is C14H23NO3. The van der Waals surface area contributed by atoms with Crippen molar-refractivity contribution in [1.82, 2.24) is 4.90 Å². The predicted molar refractivity (Wildman–Crippen MR) is 69.0 cm³/mol. The summed E-state index contributed by atoms with van der Waals surface area (Å²) < 4.78 is 5.53. The van der Waals surface area contributed by atoms with E-state index in [-0.39, 0.29) is 13.2 Å². The summed E-state index contributed by atoms with van der Waals surface area (Å²) in [7, 11) is 0. The van der Waals surface area contributed by atoms with Gasteiger partial charge in [0.25, 0.3) is 0 Å². The van der Waals surface area contributed by atoms with Gasteiger partial charge in [0.1, 0.15) is 18.1 Å². The standard InChI is InChI=1S/C14H23NO3/c16-9-8-15(12-4-2-1-3-5-12)10-13-6-7-14(11-17)18-13/h6-7,12,16-17H,1-5,8-11H2. The van der Waals surface area contributed by atoms with E-state index < -0.39 is 0 Å². The Bertz CT molecular complexity index is 345. The second-order valence-electron chi connectivity index (χ2n) is 5.01. The minimum atomic E-state index is -0.0522. The van der Waals surface area contributed by atoms with Crippen molar-refractivity contribution in [3.8, 4) is 0 Å². The molecule has 0 aromatic carbocycles. The fourth-order valence-corrected chi connectivity index (χ4v) is 2.76. The van der Waals surface area contributed by atoms with Gasteiger partial charge >= 0.3 is 0 Å². The van der Waals surface area contributed by atoms with Gasteiger partial charge in [0, 0.05) is 12.6 Å². The molecule has 1 aromatic heterocycles. The minimum absolute atomic E-state index is 0.0522. The summed E-state index contributed by atoms with van der Waals surface area (Å²) >= 11 is 0. The van der Waals surface area contributed by atoms with Crippen molar-refractivity contribution in [3.05, 3.63) is 23.7 Å². The lowest BCUT2D eigenvalue weighted by Gasteiger charge is -2.33. The Morgan fingerprint density at radius 1 is 1.11 bits per heavy atom. The van der Waals surface area contributed by atoms with Crippen LogP contribution in [0.2, 0.25) is 0 Å². The maximum atomic E-state index is 9.18. The highest BCUT2D eigenvalue weighted by atomic mass is 16.4. The normalized spacial score (nSPS) is 17.5. The van der Waals surface area contributed by atoms with Gasteiger partial charge in [-0.1, -0.05) is 19.3 Å². The second-order valence-corrected chi connectivity index (χ2v) is 5.01. The number of hydrogen-bond acceptors (Lipinski definition) is 4. The smallest absolute Gasteiger partial charge is 0.129 e. The highest BCUT2D eigenvalue weighted by Crippen LogP contribution is 2.24. The van der Waals surface area contributed by atoms with Crippen LogP contribution in [0.25, 0.3) is 0 Å². The third-order valence-corrected chi connectivity index (χ3v) is 3.71. The summed E-state index contributed by atoms with van der Waals surface area (Å²) in [4.78, 5) is 2.30. The van der Waals surface area contributed by atoms with Crippen LogP contribution in [0.3, 0.4) is 0 Å². The monoisotopic (exact) mass is 253 g/mol. The molecule has 0 amide bonds. The van der Waals surface area contributed by atoms with Crippen LogP contribution in [0.5, 0.6) is 0 Å². The Labute approximate surface area is 108 Å². The number of furan rings is 1. The molecule has 1 aromatic rings. The van der Waals surface area contributed by atoms with Gasteiger partial charge in [-0.15, -0.1) is 0 Å². The van der Waals surface area contributed by atoms with Crippen molar-refractivity contribution in [2.24, 2.45) is 0 Å². The van der Waals surface area contributed by atoms with Crippen LogP contribution in [-0.4, -0.2) is 34.3 Å². The molecule has 4 heteroatoms. The van der Waals surface area contributed by atoms with Crippen LogP contribution >= 0.6 is 0 Å². The highest BCUT2D eigenvalue weighted by Gasteiger charge is 2.21. The van der Waals surface area contributed by atoms with Crippen molar-refractivity contribution < 1.29 is 14.6 Å². The number of nitrogens with zero attached hydrogens (tertiary/aromatic N) is 1. The molecule has 1 heterocycles. The first-order valence-corrected chi connectivity index (χ1v) is 6.87. The zero-order valence-corrected chi connectivity index (χ0v) is 10.8. The Morgan fingerprint density at radius 3 is 2.44 bits per heavy atom. The van der Waals surface area contributed by atoms with Crippen LogP contribution < -0.4 is 0 Å². The van der Waals surface area contributed by atoms with Crippen LogP contribution in [0, 0.1) is 0 Å². The van der Waals surface area contributed by atoms with Gasteiger partial charge in [-0.2, -0.15) is 0 Å². The Kier molecular flexibility index (Phi) is 5.23. The summed E-state index contributed by atoms with van der Waals surface area (Å²) in [5.74, 6) is 1.48. The molecule has 0 unspecified atom stereocenters. The van der Waals surface area contributed by atoms with Gasteiger partial charge in [-0.05, 0) is 25.0 Å². The van der Waals surface area contributed by atoms with Crippen molar-refractivity contribution in [2.75, 3.05) is 13.2 Å². The quantitative estimate of drug-likeness (QED) is 0.813. The zero-order chi connectivity index (χ0) is 12.8. The van der Waals surface area contributed by atoms with Gasteiger partial charge in [0.15, 0.2) is 0 Å². The van der Waals surface area contributed by atoms with Crippen LogP contribution in [-0.2, 0) is 13.2 Å². The molecule has 1 aliphatic rings. The van der Waals surface area contributed by atoms with Gasteiger partial charge < -0.3 is 14.6 Å². The number of aliphatic hydroxyl groups is 2. The Balaban J connectivity index is 1.95.